The molecular formula is C15H23ClN2O2. The van der Waals surface area contributed by atoms with Crippen LogP contribution in [0.4, 0.5) is 0 Å². The molecule has 1 amide bonds. The molecule has 1 aromatic rings. The lowest BCUT2D eigenvalue weighted by Gasteiger charge is -2.20. The van der Waals surface area contributed by atoms with E-state index in [1.165, 1.54) is 0 Å². The first kappa shape index (κ1) is 17.0. The molecule has 1 aromatic carbocycles. The first-order valence-corrected chi connectivity index (χ1v) is 7.20. The molecule has 0 aliphatic heterocycles. The molecule has 20 heavy (non-hydrogen) atoms. The number of ether oxygens (including phenoxy) is 1. The summed E-state index contributed by atoms with van der Waals surface area (Å²) in [7, 11) is 1.65. The van der Waals surface area contributed by atoms with Crippen molar-refractivity contribution in [1.29, 1.82) is 0 Å². The number of carbonyl (C=O) groups is 1. The van der Waals surface area contributed by atoms with Gasteiger partial charge in [0.2, 0.25) is 5.91 Å². The van der Waals surface area contributed by atoms with E-state index in [1.807, 2.05) is 38.1 Å². The summed E-state index contributed by atoms with van der Waals surface area (Å²) >= 11 is 5.86. The summed E-state index contributed by atoms with van der Waals surface area (Å²) in [5, 5.41) is 6.86. The standard InChI is InChI=1S/C15H23ClN2O2/c1-11(13-5-7-14(16)8-6-13)18-12(2)15(19)17-9-4-10-20-3/h5-8,11-12,18H,4,9-10H2,1-3H3,(H,17,19)/t11-,12?/m0/s1. The summed E-state index contributed by atoms with van der Waals surface area (Å²) in [5.41, 5.74) is 1.11. The van der Waals surface area contributed by atoms with E-state index in [0.717, 1.165) is 12.0 Å². The molecule has 0 spiro atoms. The molecule has 0 aliphatic rings. The van der Waals surface area contributed by atoms with E-state index < -0.39 is 0 Å². The van der Waals surface area contributed by atoms with Gasteiger partial charge in [-0.25, -0.2) is 0 Å². The lowest BCUT2D eigenvalue weighted by atomic mass is 10.1. The summed E-state index contributed by atoms with van der Waals surface area (Å²) in [6, 6.07) is 7.47. The van der Waals surface area contributed by atoms with Crippen LogP contribution < -0.4 is 10.6 Å². The van der Waals surface area contributed by atoms with Gasteiger partial charge in [-0.05, 0) is 38.0 Å². The molecule has 4 nitrogen and oxygen atoms in total. The minimum atomic E-state index is -0.247. The van der Waals surface area contributed by atoms with Crippen LogP contribution in [0.2, 0.25) is 5.02 Å². The molecule has 0 heterocycles. The van der Waals surface area contributed by atoms with Crippen molar-refractivity contribution >= 4 is 17.5 Å². The smallest absolute Gasteiger partial charge is 0.236 e. The minimum absolute atomic E-state index is 0.00177. The largest absolute Gasteiger partial charge is 0.385 e. The lowest BCUT2D eigenvalue weighted by molar-refractivity contribution is -0.122. The molecule has 5 heteroatoms. The fourth-order valence-corrected chi connectivity index (χ4v) is 2.01. The summed E-state index contributed by atoms with van der Waals surface area (Å²) in [4.78, 5) is 11.9. The Kier molecular flexibility index (Phi) is 7.59. The van der Waals surface area contributed by atoms with Crippen LogP contribution in [0, 0.1) is 0 Å². The molecule has 2 atom stereocenters. The summed E-state index contributed by atoms with van der Waals surface area (Å²) in [6.45, 7) is 5.17. The van der Waals surface area contributed by atoms with Crippen LogP contribution in [0.15, 0.2) is 24.3 Å². The van der Waals surface area contributed by atoms with Crippen LogP contribution in [-0.2, 0) is 9.53 Å². The maximum atomic E-state index is 11.9. The van der Waals surface area contributed by atoms with Gasteiger partial charge in [0.15, 0.2) is 0 Å². The van der Waals surface area contributed by atoms with Gasteiger partial charge in [-0.2, -0.15) is 0 Å². The molecule has 112 valence electrons. The van der Waals surface area contributed by atoms with Crippen molar-refractivity contribution < 1.29 is 9.53 Å². The number of nitrogens with one attached hydrogen (secondary N) is 2. The van der Waals surface area contributed by atoms with Gasteiger partial charge in [-0.15, -0.1) is 0 Å². The molecule has 0 radical (unpaired) electrons. The Balaban J connectivity index is 2.38. The highest BCUT2D eigenvalue weighted by atomic mass is 35.5. The molecule has 1 unspecified atom stereocenters. The number of rotatable bonds is 8. The first-order chi connectivity index (χ1) is 9.54. The molecule has 0 aliphatic carbocycles. The van der Waals surface area contributed by atoms with E-state index in [4.69, 9.17) is 16.3 Å². The predicted octanol–water partition coefficient (Wildman–Crippen LogP) is 2.53. The van der Waals surface area contributed by atoms with Crippen LogP contribution in [0.25, 0.3) is 0 Å². The lowest BCUT2D eigenvalue weighted by Crippen LogP contribution is -2.43. The van der Waals surface area contributed by atoms with Crippen LogP contribution in [0.5, 0.6) is 0 Å². The highest BCUT2D eigenvalue weighted by molar-refractivity contribution is 6.30. The van der Waals surface area contributed by atoms with E-state index in [9.17, 15) is 4.79 Å². The molecule has 0 saturated carbocycles. The van der Waals surface area contributed by atoms with Crippen molar-refractivity contribution in [3.8, 4) is 0 Å². The van der Waals surface area contributed by atoms with Crippen molar-refractivity contribution in [3.63, 3.8) is 0 Å². The zero-order valence-corrected chi connectivity index (χ0v) is 13.0. The third kappa shape index (κ3) is 5.90. The van der Waals surface area contributed by atoms with Crippen molar-refractivity contribution in [2.24, 2.45) is 0 Å². The third-order valence-corrected chi connectivity index (χ3v) is 3.34. The fourth-order valence-electron chi connectivity index (χ4n) is 1.88. The Hall–Kier alpha value is -1.10. The Bertz CT molecular complexity index is 409. The van der Waals surface area contributed by atoms with Crippen LogP contribution >= 0.6 is 11.6 Å². The maximum Gasteiger partial charge on any atom is 0.236 e. The van der Waals surface area contributed by atoms with Gasteiger partial charge in [0.1, 0.15) is 0 Å². The monoisotopic (exact) mass is 298 g/mol. The highest BCUT2D eigenvalue weighted by Crippen LogP contribution is 2.16. The number of methoxy groups -OCH3 is 1. The summed E-state index contributed by atoms with van der Waals surface area (Å²) < 4.78 is 4.94. The Morgan fingerprint density at radius 1 is 1.30 bits per heavy atom. The Morgan fingerprint density at radius 2 is 1.95 bits per heavy atom. The van der Waals surface area contributed by atoms with E-state index in [1.54, 1.807) is 7.11 Å². The summed E-state index contributed by atoms with van der Waals surface area (Å²) in [6.07, 6.45) is 0.821. The van der Waals surface area contributed by atoms with Crippen LogP contribution in [0.3, 0.4) is 0 Å². The Morgan fingerprint density at radius 3 is 2.55 bits per heavy atom. The van der Waals surface area contributed by atoms with E-state index >= 15 is 0 Å². The number of benzene rings is 1. The zero-order valence-electron chi connectivity index (χ0n) is 12.3. The molecule has 0 aromatic heterocycles. The Labute approximate surface area is 125 Å². The van der Waals surface area contributed by atoms with E-state index in [0.29, 0.717) is 18.2 Å². The highest BCUT2D eigenvalue weighted by Gasteiger charge is 2.15. The van der Waals surface area contributed by atoms with E-state index in [-0.39, 0.29) is 18.0 Å². The zero-order chi connectivity index (χ0) is 15.0. The second-order valence-corrected chi connectivity index (χ2v) is 5.24. The van der Waals surface area contributed by atoms with Gasteiger partial charge in [0, 0.05) is 31.3 Å². The fraction of sp³-hybridized carbons (Fsp3) is 0.533. The number of carbonyl (C=O) groups excluding carboxylic acids is 1. The van der Waals surface area contributed by atoms with Gasteiger partial charge < -0.3 is 10.1 Å². The molecule has 0 bridgehead atoms. The summed E-state index contributed by atoms with van der Waals surface area (Å²) in [5.74, 6) is 0.00177. The second kappa shape index (κ2) is 8.95. The van der Waals surface area contributed by atoms with Gasteiger partial charge in [-0.1, -0.05) is 23.7 Å². The van der Waals surface area contributed by atoms with Crippen molar-refractivity contribution in [3.05, 3.63) is 34.9 Å². The predicted molar refractivity (Wildman–Crippen MR) is 82.0 cm³/mol. The molecule has 1 rings (SSSR count). The van der Waals surface area contributed by atoms with Crippen molar-refractivity contribution in [2.45, 2.75) is 32.4 Å². The third-order valence-electron chi connectivity index (χ3n) is 3.09. The number of amides is 1. The van der Waals surface area contributed by atoms with Crippen molar-refractivity contribution in [1.82, 2.24) is 10.6 Å². The van der Waals surface area contributed by atoms with E-state index in [2.05, 4.69) is 10.6 Å². The average molecular weight is 299 g/mol. The molecule has 0 fully saturated rings. The van der Waals surface area contributed by atoms with Crippen LogP contribution in [-0.4, -0.2) is 32.2 Å². The minimum Gasteiger partial charge on any atom is -0.385 e. The first-order valence-electron chi connectivity index (χ1n) is 6.82. The molecular weight excluding hydrogens is 276 g/mol. The molecule has 2 N–H and O–H groups in total. The normalized spacial score (nSPS) is 13.8. The van der Waals surface area contributed by atoms with Gasteiger partial charge in [0.25, 0.3) is 0 Å². The average Bonchev–Trinajstić information content (AvgIpc) is 2.44. The van der Waals surface area contributed by atoms with Crippen molar-refractivity contribution in [2.75, 3.05) is 20.3 Å². The van der Waals surface area contributed by atoms with Gasteiger partial charge in [-0.3, -0.25) is 10.1 Å². The molecule has 0 saturated heterocycles. The second-order valence-electron chi connectivity index (χ2n) is 4.80. The maximum absolute atomic E-state index is 11.9. The topological polar surface area (TPSA) is 50.4 Å². The SMILES string of the molecule is COCCCNC(=O)C(C)N[C@@H](C)c1ccc(Cl)cc1. The quantitative estimate of drug-likeness (QED) is 0.725. The number of hydrogen-bond acceptors (Lipinski definition) is 3. The van der Waals surface area contributed by atoms with Gasteiger partial charge >= 0.3 is 0 Å². The van der Waals surface area contributed by atoms with Crippen LogP contribution in [0.1, 0.15) is 31.9 Å². The number of halogens is 1. The number of hydrogen-bond donors (Lipinski definition) is 2. The van der Waals surface area contributed by atoms with Gasteiger partial charge in [0.05, 0.1) is 6.04 Å².